The molecule has 5 nitrogen and oxygen atoms in total. The van der Waals surface area contributed by atoms with Crippen molar-refractivity contribution in [2.45, 2.75) is 77.8 Å². The van der Waals surface area contributed by atoms with Crippen molar-refractivity contribution >= 4 is 14.2 Å². The summed E-state index contributed by atoms with van der Waals surface area (Å²) in [5.74, 6) is 1.03. The van der Waals surface area contributed by atoms with Crippen molar-refractivity contribution in [3.05, 3.63) is 65.2 Å². The molecule has 34 heavy (non-hydrogen) atoms. The smallest absolute Gasteiger partial charge is 0.250 e. The van der Waals surface area contributed by atoms with Crippen molar-refractivity contribution < 1.29 is 9.22 Å². The minimum atomic E-state index is -1.97. The highest BCUT2D eigenvalue weighted by Gasteiger charge is 2.39. The van der Waals surface area contributed by atoms with Crippen molar-refractivity contribution in [3.8, 4) is 11.8 Å². The van der Waals surface area contributed by atoms with Gasteiger partial charge in [-0.3, -0.25) is 9.69 Å². The summed E-state index contributed by atoms with van der Waals surface area (Å²) in [4.78, 5) is 16.6. The molecule has 1 heterocycles. The van der Waals surface area contributed by atoms with E-state index in [1.165, 1.54) is 0 Å². The molecule has 6 heteroatoms. The molecule has 0 spiro atoms. The van der Waals surface area contributed by atoms with E-state index in [0.717, 1.165) is 23.4 Å². The number of amides is 1. The molecule has 1 saturated heterocycles. The molecule has 182 valence electrons. The Labute approximate surface area is 206 Å². The predicted molar refractivity (Wildman–Crippen MR) is 140 cm³/mol. The van der Waals surface area contributed by atoms with Crippen LogP contribution in [0.5, 0.6) is 5.75 Å². The standard InChI is InChI=1S/C28H39N3O2Si/c1-20-19-31(21(2)18-30(20)22(3)32)27(24-14-12-23(17-29)13-15-24)25-10-9-11-26(16-25)33-34(7,8)28(4,5)6/h9-16,20-21,27H,18-19H2,1-8H3/t20-,21+,27-/m1/s1. The van der Waals surface area contributed by atoms with Crippen LogP contribution in [-0.2, 0) is 4.79 Å². The lowest BCUT2D eigenvalue weighted by atomic mass is 9.93. The Morgan fingerprint density at radius 2 is 1.71 bits per heavy atom. The summed E-state index contributed by atoms with van der Waals surface area (Å²) in [5.41, 5.74) is 2.95. The molecule has 1 amide bonds. The summed E-state index contributed by atoms with van der Waals surface area (Å²) in [5, 5.41) is 9.40. The summed E-state index contributed by atoms with van der Waals surface area (Å²) >= 11 is 0. The summed E-state index contributed by atoms with van der Waals surface area (Å²) in [6, 6.07) is 18.9. The lowest BCUT2D eigenvalue weighted by molar-refractivity contribution is -0.135. The van der Waals surface area contributed by atoms with E-state index >= 15 is 0 Å². The fourth-order valence-electron chi connectivity index (χ4n) is 4.46. The summed E-state index contributed by atoms with van der Waals surface area (Å²) in [6.07, 6.45) is 0. The first kappa shape index (κ1) is 26.0. The maximum atomic E-state index is 12.2. The zero-order valence-electron chi connectivity index (χ0n) is 21.9. The molecule has 1 aliphatic heterocycles. The van der Waals surface area contributed by atoms with Gasteiger partial charge in [0.25, 0.3) is 0 Å². The molecule has 3 rings (SSSR count). The van der Waals surface area contributed by atoms with Gasteiger partial charge in [-0.15, -0.1) is 0 Å². The van der Waals surface area contributed by atoms with Gasteiger partial charge < -0.3 is 9.33 Å². The zero-order valence-corrected chi connectivity index (χ0v) is 22.9. The van der Waals surface area contributed by atoms with Gasteiger partial charge in [-0.05, 0) is 67.4 Å². The van der Waals surface area contributed by atoms with Crippen LogP contribution in [0.1, 0.15) is 64.3 Å². The van der Waals surface area contributed by atoms with E-state index < -0.39 is 8.32 Å². The molecule has 0 aliphatic carbocycles. The van der Waals surface area contributed by atoms with Gasteiger partial charge in [-0.25, -0.2) is 0 Å². The minimum absolute atomic E-state index is 0.00210. The Kier molecular flexibility index (Phi) is 7.59. The fourth-order valence-corrected chi connectivity index (χ4v) is 5.49. The topological polar surface area (TPSA) is 56.6 Å². The SMILES string of the molecule is CC(=O)N1C[C@H](C)N([C@H](c2ccc(C#N)cc2)c2cccc(O[Si](C)(C)C(C)(C)C)c2)C[C@H]1C. The molecule has 0 radical (unpaired) electrons. The van der Waals surface area contributed by atoms with Crippen LogP contribution in [0.25, 0.3) is 0 Å². The second-order valence-corrected chi connectivity index (χ2v) is 15.9. The summed E-state index contributed by atoms with van der Waals surface area (Å²) < 4.78 is 6.64. The van der Waals surface area contributed by atoms with Crippen molar-refractivity contribution in [2.75, 3.05) is 13.1 Å². The fraction of sp³-hybridized carbons (Fsp3) is 0.500. The van der Waals surface area contributed by atoms with Gasteiger partial charge in [-0.1, -0.05) is 45.0 Å². The second kappa shape index (κ2) is 9.93. The molecule has 2 aromatic carbocycles. The second-order valence-electron chi connectivity index (χ2n) is 11.1. The molecule has 1 fully saturated rings. The number of carbonyl (C=O) groups is 1. The maximum absolute atomic E-state index is 12.2. The van der Waals surface area contributed by atoms with Crippen LogP contribution >= 0.6 is 0 Å². The normalized spacial score (nSPS) is 20.5. The number of hydrogen-bond donors (Lipinski definition) is 0. The monoisotopic (exact) mass is 477 g/mol. The number of nitriles is 1. The van der Waals surface area contributed by atoms with E-state index in [1.807, 2.05) is 17.0 Å². The van der Waals surface area contributed by atoms with Crippen molar-refractivity contribution in [1.82, 2.24) is 9.80 Å². The Balaban J connectivity index is 2.03. The van der Waals surface area contributed by atoms with Gasteiger partial charge in [0.15, 0.2) is 0 Å². The molecule has 0 saturated carbocycles. The number of piperazine rings is 1. The first-order valence-corrected chi connectivity index (χ1v) is 15.1. The van der Waals surface area contributed by atoms with Crippen molar-refractivity contribution in [1.29, 1.82) is 5.26 Å². The highest BCUT2D eigenvalue weighted by Crippen LogP contribution is 2.39. The van der Waals surface area contributed by atoms with E-state index in [2.05, 4.69) is 95.1 Å². The highest BCUT2D eigenvalue weighted by atomic mass is 28.4. The number of nitrogens with zero attached hydrogens (tertiary/aromatic N) is 3. The van der Waals surface area contributed by atoms with E-state index in [9.17, 15) is 10.1 Å². The molecule has 0 unspecified atom stereocenters. The lowest BCUT2D eigenvalue weighted by Gasteiger charge is -2.47. The third-order valence-corrected chi connectivity index (χ3v) is 11.8. The van der Waals surface area contributed by atoms with Crippen LogP contribution < -0.4 is 4.43 Å². The number of benzene rings is 2. The molecular weight excluding hydrogens is 438 g/mol. The predicted octanol–water partition coefficient (Wildman–Crippen LogP) is 5.97. The lowest BCUT2D eigenvalue weighted by Crippen LogP contribution is -2.58. The Bertz CT molecular complexity index is 1050. The maximum Gasteiger partial charge on any atom is 0.250 e. The third-order valence-electron chi connectivity index (χ3n) is 7.48. The van der Waals surface area contributed by atoms with Gasteiger partial charge in [0.2, 0.25) is 14.2 Å². The van der Waals surface area contributed by atoms with Crippen molar-refractivity contribution in [3.63, 3.8) is 0 Å². The molecule has 3 atom stereocenters. The van der Waals surface area contributed by atoms with Crippen LogP contribution in [0, 0.1) is 11.3 Å². The summed E-state index contributed by atoms with van der Waals surface area (Å²) in [6.45, 7) is 18.7. The zero-order chi connectivity index (χ0) is 25.3. The van der Waals surface area contributed by atoms with Gasteiger partial charge in [0.1, 0.15) is 5.75 Å². The van der Waals surface area contributed by atoms with Crippen LogP contribution in [0.2, 0.25) is 18.1 Å². The van der Waals surface area contributed by atoms with Crippen LogP contribution in [0.15, 0.2) is 48.5 Å². The van der Waals surface area contributed by atoms with Gasteiger partial charge >= 0.3 is 0 Å². The van der Waals surface area contributed by atoms with E-state index in [-0.39, 0.29) is 29.1 Å². The van der Waals surface area contributed by atoms with Crippen molar-refractivity contribution in [2.24, 2.45) is 0 Å². The Morgan fingerprint density at radius 3 is 2.26 bits per heavy atom. The van der Waals surface area contributed by atoms with Gasteiger partial charge in [-0.2, -0.15) is 5.26 Å². The van der Waals surface area contributed by atoms with Gasteiger partial charge in [0, 0.05) is 32.1 Å². The molecular formula is C28H39N3O2Si. The van der Waals surface area contributed by atoms with Crippen LogP contribution in [0.4, 0.5) is 0 Å². The molecule has 2 aromatic rings. The summed E-state index contributed by atoms with van der Waals surface area (Å²) in [7, 11) is -1.97. The van der Waals surface area contributed by atoms with E-state index in [1.54, 1.807) is 6.92 Å². The largest absolute Gasteiger partial charge is 0.543 e. The highest BCUT2D eigenvalue weighted by molar-refractivity contribution is 6.74. The Morgan fingerprint density at radius 1 is 1.06 bits per heavy atom. The van der Waals surface area contributed by atoms with E-state index in [0.29, 0.717) is 12.1 Å². The number of hydrogen-bond acceptors (Lipinski definition) is 4. The number of rotatable bonds is 5. The molecule has 0 bridgehead atoms. The average molecular weight is 478 g/mol. The Hall–Kier alpha value is -2.62. The third kappa shape index (κ3) is 5.53. The minimum Gasteiger partial charge on any atom is -0.543 e. The molecule has 1 aliphatic rings. The molecule has 0 aromatic heterocycles. The first-order valence-electron chi connectivity index (χ1n) is 12.2. The average Bonchev–Trinajstić information content (AvgIpc) is 2.75. The van der Waals surface area contributed by atoms with Crippen LogP contribution in [-0.4, -0.2) is 49.2 Å². The number of carbonyl (C=O) groups excluding carboxylic acids is 1. The van der Waals surface area contributed by atoms with Crippen LogP contribution in [0.3, 0.4) is 0 Å². The molecule has 0 N–H and O–H groups in total. The quantitative estimate of drug-likeness (QED) is 0.498. The first-order chi connectivity index (χ1) is 15.8. The van der Waals surface area contributed by atoms with Gasteiger partial charge in [0.05, 0.1) is 17.7 Å². The van der Waals surface area contributed by atoms with E-state index in [4.69, 9.17) is 4.43 Å².